The first-order chi connectivity index (χ1) is 12.2. The van der Waals surface area contributed by atoms with Crippen LogP contribution < -0.4 is 24.8 Å². The molecular formula is C19H20N2O4. The zero-order valence-corrected chi connectivity index (χ0v) is 14.4. The van der Waals surface area contributed by atoms with E-state index in [0.29, 0.717) is 17.2 Å². The van der Waals surface area contributed by atoms with Crippen molar-refractivity contribution in [3.8, 4) is 29.1 Å². The lowest BCUT2D eigenvalue weighted by atomic mass is 10.2. The summed E-state index contributed by atoms with van der Waals surface area (Å²) in [5.74, 6) is 7.63. The Kier molecular flexibility index (Phi) is 6.55. The molecule has 0 heterocycles. The average Bonchev–Trinajstić information content (AvgIpc) is 2.65. The molecule has 2 amide bonds. The minimum atomic E-state index is -0.379. The molecular weight excluding hydrogens is 320 g/mol. The molecule has 6 nitrogen and oxygen atoms in total. The molecule has 0 unspecified atom stereocenters. The Morgan fingerprint density at radius 1 is 1.00 bits per heavy atom. The highest BCUT2D eigenvalue weighted by Gasteiger charge is 2.11. The zero-order valence-electron chi connectivity index (χ0n) is 14.4. The first-order valence-corrected chi connectivity index (χ1v) is 7.56. The van der Waals surface area contributed by atoms with Crippen molar-refractivity contribution in [2.24, 2.45) is 0 Å². The maximum atomic E-state index is 12.0. The summed E-state index contributed by atoms with van der Waals surface area (Å²) in [4.78, 5) is 12.0. The predicted octanol–water partition coefficient (Wildman–Crippen LogP) is 2.89. The van der Waals surface area contributed by atoms with Crippen LogP contribution in [0.1, 0.15) is 5.56 Å². The number of nitrogens with one attached hydrogen (secondary N) is 2. The van der Waals surface area contributed by atoms with Gasteiger partial charge in [0.05, 0.1) is 33.6 Å². The van der Waals surface area contributed by atoms with Crippen LogP contribution in [0.15, 0.2) is 42.5 Å². The molecule has 0 aliphatic heterocycles. The van der Waals surface area contributed by atoms with Crippen molar-refractivity contribution in [3.63, 3.8) is 0 Å². The fourth-order valence-electron chi connectivity index (χ4n) is 2.10. The van der Waals surface area contributed by atoms with Gasteiger partial charge in [-0.3, -0.25) is 0 Å². The number of amides is 2. The maximum Gasteiger partial charge on any atom is 0.320 e. The van der Waals surface area contributed by atoms with Gasteiger partial charge < -0.3 is 24.8 Å². The second-order valence-electron chi connectivity index (χ2n) is 4.88. The van der Waals surface area contributed by atoms with Gasteiger partial charge in [0.1, 0.15) is 5.75 Å². The number of urea groups is 1. The van der Waals surface area contributed by atoms with E-state index in [4.69, 9.17) is 14.2 Å². The normalized spacial score (nSPS) is 9.40. The van der Waals surface area contributed by atoms with Crippen LogP contribution in [0.25, 0.3) is 0 Å². The molecule has 0 aromatic heterocycles. The molecule has 0 aliphatic carbocycles. The van der Waals surface area contributed by atoms with Crippen LogP contribution in [0, 0.1) is 11.8 Å². The summed E-state index contributed by atoms with van der Waals surface area (Å²) in [6.45, 7) is 0.212. The number of carbonyl (C=O) groups excluding carboxylic acids is 1. The first kappa shape index (κ1) is 18.0. The quantitative estimate of drug-likeness (QED) is 0.821. The summed E-state index contributed by atoms with van der Waals surface area (Å²) >= 11 is 0. The van der Waals surface area contributed by atoms with Gasteiger partial charge in [-0.15, -0.1) is 0 Å². The van der Waals surface area contributed by atoms with Crippen LogP contribution in [-0.2, 0) is 0 Å². The molecule has 2 rings (SSSR count). The first-order valence-electron chi connectivity index (χ1n) is 7.56. The van der Waals surface area contributed by atoms with Crippen LogP contribution in [0.2, 0.25) is 0 Å². The molecule has 0 atom stereocenters. The Hall–Kier alpha value is -3.33. The van der Waals surface area contributed by atoms with E-state index in [9.17, 15) is 4.79 Å². The zero-order chi connectivity index (χ0) is 18.1. The number of methoxy groups -OCH3 is 3. The smallest absolute Gasteiger partial charge is 0.320 e. The van der Waals surface area contributed by atoms with E-state index in [1.807, 2.05) is 24.3 Å². The molecule has 0 saturated heterocycles. The van der Waals surface area contributed by atoms with Crippen LogP contribution in [-0.4, -0.2) is 33.9 Å². The third-order valence-electron chi connectivity index (χ3n) is 3.31. The molecule has 0 fully saturated rings. The van der Waals surface area contributed by atoms with Gasteiger partial charge in [-0.1, -0.05) is 17.9 Å². The van der Waals surface area contributed by atoms with Crippen molar-refractivity contribution in [1.82, 2.24) is 5.32 Å². The number of para-hydroxylation sites is 1. The topological polar surface area (TPSA) is 68.8 Å². The van der Waals surface area contributed by atoms with Crippen molar-refractivity contribution in [2.45, 2.75) is 0 Å². The summed E-state index contributed by atoms with van der Waals surface area (Å²) in [5.41, 5.74) is 1.36. The number of anilines is 1. The number of ether oxygens (including phenoxy) is 3. The molecule has 2 aromatic carbocycles. The van der Waals surface area contributed by atoms with Crippen molar-refractivity contribution >= 4 is 11.7 Å². The highest BCUT2D eigenvalue weighted by molar-refractivity contribution is 5.91. The third kappa shape index (κ3) is 5.08. The van der Waals surface area contributed by atoms with Gasteiger partial charge >= 0.3 is 6.03 Å². The molecule has 0 saturated carbocycles. The van der Waals surface area contributed by atoms with Gasteiger partial charge in [0.15, 0.2) is 11.5 Å². The third-order valence-corrected chi connectivity index (χ3v) is 3.31. The molecule has 0 spiro atoms. The minimum Gasteiger partial charge on any atom is -0.497 e. The van der Waals surface area contributed by atoms with Gasteiger partial charge in [-0.2, -0.15) is 0 Å². The Bertz CT molecular complexity index is 776. The highest BCUT2D eigenvalue weighted by atomic mass is 16.5. The summed E-state index contributed by atoms with van der Waals surface area (Å²) in [6.07, 6.45) is 0. The fraction of sp³-hybridized carbons (Fsp3) is 0.211. The van der Waals surface area contributed by atoms with Crippen molar-refractivity contribution < 1.29 is 19.0 Å². The standard InChI is InChI=1S/C19H20N2O4/c1-23-15-11-9-14(10-12-15)6-5-13-20-19(22)21-16-7-4-8-17(24-2)18(16)25-3/h4,7-12H,13H2,1-3H3,(H2,20,21,22). The number of rotatable bonds is 5. The van der Waals surface area contributed by atoms with E-state index in [-0.39, 0.29) is 12.6 Å². The van der Waals surface area contributed by atoms with Gasteiger partial charge in [0, 0.05) is 5.56 Å². The largest absolute Gasteiger partial charge is 0.497 e. The molecule has 0 radical (unpaired) electrons. The molecule has 0 aliphatic rings. The second kappa shape index (κ2) is 9.08. The molecule has 2 aromatic rings. The van der Waals surface area contributed by atoms with Crippen molar-refractivity contribution in [3.05, 3.63) is 48.0 Å². The summed E-state index contributed by atoms with van der Waals surface area (Å²) in [6, 6.07) is 12.2. The van der Waals surface area contributed by atoms with Gasteiger partial charge in [0.2, 0.25) is 0 Å². The average molecular weight is 340 g/mol. The van der Waals surface area contributed by atoms with Crippen LogP contribution in [0.4, 0.5) is 10.5 Å². The van der Waals surface area contributed by atoms with Crippen LogP contribution in [0.3, 0.4) is 0 Å². The summed E-state index contributed by atoms with van der Waals surface area (Å²) < 4.78 is 15.5. The number of carbonyl (C=O) groups is 1. The molecule has 6 heteroatoms. The molecule has 25 heavy (non-hydrogen) atoms. The van der Waals surface area contributed by atoms with Crippen LogP contribution in [0.5, 0.6) is 17.2 Å². The number of benzene rings is 2. The molecule has 0 bridgehead atoms. The summed E-state index contributed by atoms with van der Waals surface area (Å²) in [7, 11) is 4.66. The Morgan fingerprint density at radius 2 is 1.76 bits per heavy atom. The Balaban J connectivity index is 1.90. The predicted molar refractivity (Wildman–Crippen MR) is 96.4 cm³/mol. The molecule has 2 N–H and O–H groups in total. The lowest BCUT2D eigenvalue weighted by Gasteiger charge is -2.13. The van der Waals surface area contributed by atoms with Crippen molar-refractivity contribution in [2.75, 3.05) is 33.2 Å². The van der Waals surface area contributed by atoms with Crippen LogP contribution >= 0.6 is 0 Å². The molecule has 130 valence electrons. The Labute approximate surface area is 147 Å². The van der Waals surface area contributed by atoms with E-state index in [1.165, 1.54) is 14.2 Å². The SMILES string of the molecule is COc1ccc(C#CCNC(=O)Nc2cccc(OC)c2OC)cc1. The highest BCUT2D eigenvalue weighted by Crippen LogP contribution is 2.34. The van der Waals surface area contributed by atoms with Gasteiger partial charge in [-0.25, -0.2) is 4.79 Å². The van der Waals surface area contributed by atoms with E-state index in [0.717, 1.165) is 11.3 Å². The number of hydrogen-bond donors (Lipinski definition) is 2. The van der Waals surface area contributed by atoms with E-state index >= 15 is 0 Å². The van der Waals surface area contributed by atoms with E-state index in [1.54, 1.807) is 25.3 Å². The summed E-state index contributed by atoms with van der Waals surface area (Å²) in [5, 5.41) is 5.38. The lowest BCUT2D eigenvalue weighted by Crippen LogP contribution is -2.29. The van der Waals surface area contributed by atoms with E-state index in [2.05, 4.69) is 22.5 Å². The van der Waals surface area contributed by atoms with Gasteiger partial charge in [-0.05, 0) is 36.4 Å². The van der Waals surface area contributed by atoms with E-state index < -0.39 is 0 Å². The van der Waals surface area contributed by atoms with Crippen molar-refractivity contribution in [1.29, 1.82) is 0 Å². The fourth-order valence-corrected chi connectivity index (χ4v) is 2.10. The Morgan fingerprint density at radius 3 is 2.40 bits per heavy atom. The van der Waals surface area contributed by atoms with Gasteiger partial charge in [0.25, 0.3) is 0 Å². The minimum absolute atomic E-state index is 0.212. The monoisotopic (exact) mass is 340 g/mol. The lowest BCUT2D eigenvalue weighted by molar-refractivity contribution is 0.253. The second-order valence-corrected chi connectivity index (χ2v) is 4.88. The maximum absolute atomic E-state index is 12.0. The number of hydrogen-bond acceptors (Lipinski definition) is 4.